The minimum absolute atomic E-state index is 0.197. The van der Waals surface area contributed by atoms with Crippen LogP contribution in [0.3, 0.4) is 0 Å². The summed E-state index contributed by atoms with van der Waals surface area (Å²) < 4.78 is 6.79. The minimum Gasteiger partial charge on any atom is -0.496 e. The Labute approximate surface area is 124 Å². The monoisotopic (exact) mass is 282 g/mol. The zero-order valence-electron chi connectivity index (χ0n) is 12.9. The molecule has 4 heteroatoms. The first-order valence-corrected chi connectivity index (χ1v) is 6.66. The maximum Gasteiger partial charge on any atom is 0.268 e. The summed E-state index contributed by atoms with van der Waals surface area (Å²) in [6.07, 6.45) is 1.78. The molecule has 1 aromatic heterocycles. The number of hydrogen-bond acceptors (Lipinski definition) is 3. The lowest BCUT2D eigenvalue weighted by atomic mass is 9.94. The Morgan fingerprint density at radius 3 is 2.38 bits per heavy atom. The highest BCUT2D eigenvalue weighted by Crippen LogP contribution is 2.32. The van der Waals surface area contributed by atoms with Crippen LogP contribution in [0.4, 0.5) is 0 Å². The lowest BCUT2D eigenvalue weighted by Crippen LogP contribution is -2.21. The van der Waals surface area contributed by atoms with Crippen molar-refractivity contribution in [2.75, 3.05) is 7.11 Å². The zero-order chi connectivity index (χ0) is 15.7. The zero-order valence-corrected chi connectivity index (χ0v) is 12.9. The minimum atomic E-state index is -0.262. The number of ether oxygens (including phenoxy) is 1. The summed E-state index contributed by atoms with van der Waals surface area (Å²) in [5.74, 6) is 0.833. The standard InChI is InChI=1S/C17H18N2O2/c1-10-7-16(21-5)11(2)6-13(10)15-9-19(4)17(20)14(8-18)12(15)3/h6-7,9H,1-5H3. The van der Waals surface area contributed by atoms with Crippen LogP contribution in [-0.4, -0.2) is 11.7 Å². The van der Waals surface area contributed by atoms with E-state index in [2.05, 4.69) is 0 Å². The molecule has 0 fully saturated rings. The molecule has 1 heterocycles. The molecule has 0 atom stereocenters. The van der Waals surface area contributed by atoms with Gasteiger partial charge in [-0.05, 0) is 55.2 Å². The van der Waals surface area contributed by atoms with Gasteiger partial charge in [0.15, 0.2) is 0 Å². The van der Waals surface area contributed by atoms with Gasteiger partial charge in [0.05, 0.1) is 7.11 Å². The van der Waals surface area contributed by atoms with Crippen molar-refractivity contribution in [1.82, 2.24) is 4.57 Å². The third kappa shape index (κ3) is 2.43. The molecule has 108 valence electrons. The average Bonchev–Trinajstić information content (AvgIpc) is 2.46. The second kappa shape index (κ2) is 5.45. The summed E-state index contributed by atoms with van der Waals surface area (Å²) in [4.78, 5) is 12.0. The number of nitrogens with zero attached hydrogens (tertiary/aromatic N) is 2. The lowest BCUT2D eigenvalue weighted by Gasteiger charge is -2.15. The van der Waals surface area contributed by atoms with E-state index in [4.69, 9.17) is 4.74 Å². The summed E-state index contributed by atoms with van der Waals surface area (Å²) in [7, 11) is 3.31. The van der Waals surface area contributed by atoms with Gasteiger partial charge in [0, 0.05) is 18.8 Å². The number of rotatable bonds is 2. The molecule has 0 amide bonds. The van der Waals surface area contributed by atoms with Crippen LogP contribution < -0.4 is 10.3 Å². The predicted molar refractivity (Wildman–Crippen MR) is 82.6 cm³/mol. The van der Waals surface area contributed by atoms with Crippen LogP contribution in [0.15, 0.2) is 23.1 Å². The number of pyridine rings is 1. The van der Waals surface area contributed by atoms with Gasteiger partial charge in [-0.25, -0.2) is 0 Å². The first kappa shape index (κ1) is 14.9. The van der Waals surface area contributed by atoms with Crippen molar-refractivity contribution in [2.24, 2.45) is 7.05 Å². The van der Waals surface area contributed by atoms with E-state index in [1.165, 1.54) is 4.57 Å². The molecule has 21 heavy (non-hydrogen) atoms. The van der Waals surface area contributed by atoms with Gasteiger partial charge in [0.25, 0.3) is 5.56 Å². The third-order valence-corrected chi connectivity index (χ3v) is 3.78. The molecule has 2 rings (SSSR count). The van der Waals surface area contributed by atoms with Crippen LogP contribution in [0.1, 0.15) is 22.3 Å². The predicted octanol–water partition coefficient (Wildman–Crippen LogP) is 2.86. The van der Waals surface area contributed by atoms with Crippen molar-refractivity contribution in [3.05, 3.63) is 50.9 Å². The van der Waals surface area contributed by atoms with E-state index in [0.29, 0.717) is 5.56 Å². The molecule has 0 aliphatic heterocycles. The van der Waals surface area contributed by atoms with Crippen molar-refractivity contribution in [3.63, 3.8) is 0 Å². The average molecular weight is 282 g/mol. The largest absolute Gasteiger partial charge is 0.496 e. The molecule has 0 bridgehead atoms. The fourth-order valence-electron chi connectivity index (χ4n) is 2.52. The number of nitriles is 1. The van der Waals surface area contributed by atoms with Crippen LogP contribution in [-0.2, 0) is 7.05 Å². The summed E-state index contributed by atoms with van der Waals surface area (Å²) in [5, 5.41) is 9.22. The maximum absolute atomic E-state index is 12.0. The highest BCUT2D eigenvalue weighted by atomic mass is 16.5. The molecule has 0 radical (unpaired) electrons. The molecule has 0 saturated carbocycles. The van der Waals surface area contributed by atoms with Crippen LogP contribution in [0, 0.1) is 32.1 Å². The number of aryl methyl sites for hydroxylation is 3. The number of aromatic nitrogens is 1. The number of methoxy groups -OCH3 is 1. The van der Waals surface area contributed by atoms with Crippen molar-refractivity contribution < 1.29 is 4.74 Å². The molecule has 0 spiro atoms. The van der Waals surface area contributed by atoms with E-state index in [1.54, 1.807) is 20.4 Å². The van der Waals surface area contributed by atoms with E-state index < -0.39 is 0 Å². The number of hydrogen-bond donors (Lipinski definition) is 0. The fourth-order valence-corrected chi connectivity index (χ4v) is 2.52. The SMILES string of the molecule is COc1cc(C)c(-c2cn(C)c(=O)c(C#N)c2C)cc1C. The molecule has 0 aliphatic rings. The van der Waals surface area contributed by atoms with E-state index in [1.807, 2.05) is 39.0 Å². The summed E-state index contributed by atoms with van der Waals surface area (Å²) in [5.41, 5.74) is 4.63. The topological polar surface area (TPSA) is 55.0 Å². The molecule has 0 N–H and O–H groups in total. The van der Waals surface area contributed by atoms with Gasteiger partial charge in [-0.1, -0.05) is 0 Å². The summed E-state index contributed by atoms with van der Waals surface area (Å²) in [6, 6.07) is 6.02. The van der Waals surface area contributed by atoms with Gasteiger partial charge < -0.3 is 9.30 Å². The quantitative estimate of drug-likeness (QED) is 0.851. The molecule has 1 aromatic carbocycles. The Balaban J connectivity index is 2.80. The Morgan fingerprint density at radius 2 is 1.81 bits per heavy atom. The molecular weight excluding hydrogens is 264 g/mol. The van der Waals surface area contributed by atoms with Crippen molar-refractivity contribution in [1.29, 1.82) is 5.26 Å². The normalized spacial score (nSPS) is 10.3. The second-order valence-electron chi connectivity index (χ2n) is 5.21. The Morgan fingerprint density at radius 1 is 1.14 bits per heavy atom. The lowest BCUT2D eigenvalue weighted by molar-refractivity contribution is 0.411. The maximum atomic E-state index is 12.0. The first-order chi connectivity index (χ1) is 9.90. The van der Waals surface area contributed by atoms with Crippen molar-refractivity contribution in [3.8, 4) is 22.9 Å². The summed E-state index contributed by atoms with van der Waals surface area (Å²) >= 11 is 0. The van der Waals surface area contributed by atoms with Gasteiger partial charge in [-0.15, -0.1) is 0 Å². The fraction of sp³-hybridized carbons (Fsp3) is 0.294. The van der Waals surface area contributed by atoms with Crippen molar-refractivity contribution in [2.45, 2.75) is 20.8 Å². The Bertz CT molecular complexity index is 811. The highest BCUT2D eigenvalue weighted by molar-refractivity contribution is 5.73. The first-order valence-electron chi connectivity index (χ1n) is 6.66. The molecule has 2 aromatic rings. The van der Waals surface area contributed by atoms with Gasteiger partial charge in [0.2, 0.25) is 0 Å². The van der Waals surface area contributed by atoms with Gasteiger partial charge >= 0.3 is 0 Å². The molecule has 0 unspecified atom stereocenters. The van der Waals surface area contributed by atoms with Gasteiger partial charge in [0.1, 0.15) is 17.4 Å². The highest BCUT2D eigenvalue weighted by Gasteiger charge is 2.15. The Hall–Kier alpha value is -2.54. The van der Waals surface area contributed by atoms with E-state index in [-0.39, 0.29) is 11.1 Å². The van der Waals surface area contributed by atoms with Crippen LogP contribution in [0.2, 0.25) is 0 Å². The van der Waals surface area contributed by atoms with Crippen LogP contribution in [0.5, 0.6) is 5.75 Å². The van der Waals surface area contributed by atoms with Gasteiger partial charge in [-0.2, -0.15) is 5.26 Å². The van der Waals surface area contributed by atoms with Crippen LogP contribution >= 0.6 is 0 Å². The second-order valence-corrected chi connectivity index (χ2v) is 5.21. The van der Waals surface area contributed by atoms with Crippen molar-refractivity contribution >= 4 is 0 Å². The van der Waals surface area contributed by atoms with E-state index >= 15 is 0 Å². The molecule has 4 nitrogen and oxygen atoms in total. The summed E-state index contributed by atoms with van der Waals surface area (Å²) in [6.45, 7) is 5.78. The number of benzene rings is 1. The Kier molecular flexibility index (Phi) is 3.86. The molecule has 0 saturated heterocycles. The van der Waals surface area contributed by atoms with Crippen LogP contribution in [0.25, 0.3) is 11.1 Å². The van der Waals surface area contributed by atoms with E-state index in [0.717, 1.165) is 28.0 Å². The molecular formula is C17H18N2O2. The smallest absolute Gasteiger partial charge is 0.268 e. The third-order valence-electron chi connectivity index (χ3n) is 3.78. The van der Waals surface area contributed by atoms with E-state index in [9.17, 15) is 10.1 Å². The molecule has 0 aliphatic carbocycles. The van der Waals surface area contributed by atoms with Gasteiger partial charge in [-0.3, -0.25) is 4.79 Å².